The average Bonchev–Trinajstić information content (AvgIpc) is 3.14. The molecule has 0 bridgehead atoms. The summed E-state index contributed by atoms with van der Waals surface area (Å²) in [5.74, 6) is 1.39. The molecule has 2 aliphatic rings. The molecule has 2 saturated carbocycles. The van der Waals surface area contributed by atoms with Crippen molar-refractivity contribution in [2.45, 2.75) is 38.3 Å². The maximum atomic E-state index is 13.3. The van der Waals surface area contributed by atoms with Gasteiger partial charge in [-0.25, -0.2) is 4.39 Å². The summed E-state index contributed by atoms with van der Waals surface area (Å²) in [4.78, 5) is 0. The molecule has 2 fully saturated rings. The minimum Gasteiger partial charge on any atom is -0.309 e. The van der Waals surface area contributed by atoms with Crippen LogP contribution in [0.4, 0.5) is 4.39 Å². The molecule has 0 radical (unpaired) electrons. The molecule has 0 spiro atoms. The van der Waals surface area contributed by atoms with Crippen LogP contribution in [-0.4, -0.2) is 6.04 Å². The Morgan fingerprint density at radius 1 is 1.24 bits per heavy atom. The van der Waals surface area contributed by atoms with E-state index in [2.05, 4.69) is 5.32 Å². The van der Waals surface area contributed by atoms with Crippen molar-refractivity contribution in [1.82, 2.24) is 5.32 Å². The van der Waals surface area contributed by atoms with E-state index in [1.807, 2.05) is 6.07 Å². The van der Waals surface area contributed by atoms with Gasteiger partial charge in [0.15, 0.2) is 0 Å². The summed E-state index contributed by atoms with van der Waals surface area (Å²) in [5, 5.41) is 3.85. The van der Waals surface area contributed by atoms with Crippen LogP contribution < -0.4 is 5.32 Å². The van der Waals surface area contributed by atoms with Crippen molar-refractivity contribution in [2.24, 2.45) is 11.8 Å². The first-order valence-electron chi connectivity index (χ1n) is 6.42. The van der Waals surface area contributed by atoms with E-state index in [4.69, 9.17) is 11.6 Å². The SMILES string of the molecule is Fc1cccc(CNC(C2CC2)C2CC2)c1Cl. The molecule has 92 valence electrons. The molecule has 0 unspecified atom stereocenters. The van der Waals surface area contributed by atoms with Crippen molar-refractivity contribution in [3.05, 3.63) is 34.6 Å². The zero-order valence-corrected chi connectivity index (χ0v) is 10.5. The van der Waals surface area contributed by atoms with Crippen LogP contribution in [0.2, 0.25) is 5.02 Å². The van der Waals surface area contributed by atoms with Gasteiger partial charge in [-0.15, -0.1) is 0 Å². The van der Waals surface area contributed by atoms with Gasteiger partial charge in [-0.3, -0.25) is 0 Å². The van der Waals surface area contributed by atoms with Crippen molar-refractivity contribution < 1.29 is 4.39 Å². The molecule has 3 rings (SSSR count). The summed E-state index contributed by atoms with van der Waals surface area (Å²) in [6.07, 6.45) is 5.41. The molecule has 0 saturated heterocycles. The predicted molar refractivity (Wildman–Crippen MR) is 67.5 cm³/mol. The minimum absolute atomic E-state index is 0.269. The largest absolute Gasteiger partial charge is 0.309 e. The summed E-state index contributed by atoms with van der Waals surface area (Å²) in [6, 6.07) is 5.66. The summed E-state index contributed by atoms with van der Waals surface area (Å²) in [6.45, 7) is 0.689. The Kier molecular flexibility index (Phi) is 3.10. The van der Waals surface area contributed by atoms with Gasteiger partial charge in [-0.2, -0.15) is 0 Å². The fourth-order valence-electron chi connectivity index (χ4n) is 2.54. The van der Waals surface area contributed by atoms with Crippen LogP contribution in [0.3, 0.4) is 0 Å². The third-order valence-electron chi connectivity index (χ3n) is 3.82. The van der Waals surface area contributed by atoms with Crippen LogP contribution in [0.5, 0.6) is 0 Å². The van der Waals surface area contributed by atoms with Crippen molar-refractivity contribution in [1.29, 1.82) is 0 Å². The number of hydrogen-bond acceptors (Lipinski definition) is 1. The van der Waals surface area contributed by atoms with Crippen molar-refractivity contribution >= 4 is 11.6 Å². The van der Waals surface area contributed by atoms with E-state index in [0.29, 0.717) is 12.6 Å². The van der Waals surface area contributed by atoms with Gasteiger partial charge in [0.05, 0.1) is 5.02 Å². The molecule has 2 aliphatic carbocycles. The Morgan fingerprint density at radius 3 is 2.47 bits per heavy atom. The predicted octanol–water partition coefficient (Wildman–Crippen LogP) is 3.76. The van der Waals surface area contributed by atoms with Crippen LogP contribution in [0, 0.1) is 17.7 Å². The Morgan fingerprint density at radius 2 is 1.88 bits per heavy atom. The Hall–Kier alpha value is -0.600. The molecular formula is C14H17ClFN. The summed E-state index contributed by atoms with van der Waals surface area (Å²) in [7, 11) is 0. The highest BCUT2D eigenvalue weighted by atomic mass is 35.5. The number of hydrogen-bond donors (Lipinski definition) is 1. The number of nitrogens with one attached hydrogen (secondary N) is 1. The van der Waals surface area contributed by atoms with E-state index in [-0.39, 0.29) is 10.8 Å². The fraction of sp³-hybridized carbons (Fsp3) is 0.571. The molecule has 1 N–H and O–H groups in total. The van der Waals surface area contributed by atoms with Crippen LogP contribution in [0.25, 0.3) is 0 Å². The number of benzene rings is 1. The van der Waals surface area contributed by atoms with Gasteiger partial charge in [0.1, 0.15) is 5.82 Å². The lowest BCUT2D eigenvalue weighted by Crippen LogP contribution is -2.32. The lowest BCUT2D eigenvalue weighted by molar-refractivity contribution is 0.415. The Balaban J connectivity index is 1.64. The molecule has 1 aromatic rings. The molecule has 17 heavy (non-hydrogen) atoms. The van der Waals surface area contributed by atoms with Crippen LogP contribution in [0.15, 0.2) is 18.2 Å². The second kappa shape index (κ2) is 4.58. The first-order valence-corrected chi connectivity index (χ1v) is 6.80. The second-order valence-electron chi connectivity index (χ2n) is 5.29. The third kappa shape index (κ3) is 2.63. The molecule has 0 amide bonds. The quantitative estimate of drug-likeness (QED) is 0.843. The van der Waals surface area contributed by atoms with Crippen LogP contribution in [-0.2, 0) is 6.54 Å². The van der Waals surface area contributed by atoms with Crippen molar-refractivity contribution in [2.75, 3.05) is 0 Å². The van der Waals surface area contributed by atoms with Gasteiger partial charge in [0.2, 0.25) is 0 Å². The molecule has 0 aliphatic heterocycles. The average molecular weight is 254 g/mol. The van der Waals surface area contributed by atoms with Crippen LogP contribution in [0.1, 0.15) is 31.2 Å². The molecule has 0 atom stereocenters. The molecule has 1 aromatic carbocycles. The first-order chi connectivity index (χ1) is 8.25. The Labute approximate surface area is 106 Å². The Bertz CT molecular complexity index is 401. The highest BCUT2D eigenvalue weighted by Gasteiger charge is 2.40. The van der Waals surface area contributed by atoms with E-state index < -0.39 is 0 Å². The topological polar surface area (TPSA) is 12.0 Å². The minimum atomic E-state index is -0.319. The lowest BCUT2D eigenvalue weighted by Gasteiger charge is -2.18. The van der Waals surface area contributed by atoms with E-state index in [0.717, 1.165) is 17.4 Å². The van der Waals surface area contributed by atoms with Gasteiger partial charge in [-0.05, 0) is 49.1 Å². The van der Waals surface area contributed by atoms with Crippen molar-refractivity contribution in [3.8, 4) is 0 Å². The molecule has 0 aromatic heterocycles. The van der Waals surface area contributed by atoms with Crippen molar-refractivity contribution in [3.63, 3.8) is 0 Å². The normalized spacial score (nSPS) is 19.9. The molecular weight excluding hydrogens is 237 g/mol. The van der Waals surface area contributed by atoms with Gasteiger partial charge >= 0.3 is 0 Å². The summed E-state index contributed by atoms with van der Waals surface area (Å²) >= 11 is 5.95. The zero-order chi connectivity index (χ0) is 11.8. The number of rotatable bonds is 5. The third-order valence-corrected chi connectivity index (χ3v) is 4.24. The van der Waals surface area contributed by atoms with Gasteiger partial charge in [0, 0.05) is 12.6 Å². The highest BCUT2D eigenvalue weighted by Crippen LogP contribution is 2.44. The molecule has 0 heterocycles. The fourth-order valence-corrected chi connectivity index (χ4v) is 2.73. The maximum absolute atomic E-state index is 13.3. The summed E-state index contributed by atoms with van der Waals surface area (Å²) < 4.78 is 13.3. The molecule has 1 nitrogen and oxygen atoms in total. The standard InChI is InChI=1S/C14H17ClFN/c15-13-11(2-1-3-12(13)16)8-17-14(9-4-5-9)10-6-7-10/h1-3,9-10,14,17H,4-8H2. The first kappa shape index (κ1) is 11.5. The smallest absolute Gasteiger partial charge is 0.142 e. The highest BCUT2D eigenvalue weighted by molar-refractivity contribution is 6.31. The van der Waals surface area contributed by atoms with E-state index in [1.54, 1.807) is 6.07 Å². The van der Waals surface area contributed by atoms with Gasteiger partial charge < -0.3 is 5.32 Å². The van der Waals surface area contributed by atoms with E-state index >= 15 is 0 Å². The van der Waals surface area contributed by atoms with Crippen LogP contribution >= 0.6 is 11.6 Å². The van der Waals surface area contributed by atoms with E-state index in [9.17, 15) is 4.39 Å². The zero-order valence-electron chi connectivity index (χ0n) is 9.76. The molecule has 3 heteroatoms. The van der Waals surface area contributed by atoms with E-state index in [1.165, 1.54) is 31.7 Å². The summed E-state index contributed by atoms with van der Waals surface area (Å²) in [5.41, 5.74) is 0.873. The lowest BCUT2D eigenvalue weighted by atomic mass is 10.1. The monoisotopic (exact) mass is 253 g/mol. The second-order valence-corrected chi connectivity index (χ2v) is 5.67. The van der Waals surface area contributed by atoms with Gasteiger partial charge in [0.25, 0.3) is 0 Å². The number of halogens is 2. The van der Waals surface area contributed by atoms with Gasteiger partial charge in [-0.1, -0.05) is 23.7 Å². The maximum Gasteiger partial charge on any atom is 0.142 e.